The Morgan fingerprint density at radius 1 is 0.950 bits per heavy atom. The first-order valence-corrected chi connectivity index (χ1v) is 14.6. The van der Waals surface area contributed by atoms with Crippen LogP contribution < -0.4 is 10.2 Å². The van der Waals surface area contributed by atoms with Gasteiger partial charge in [-0.15, -0.1) is 0 Å². The second kappa shape index (κ2) is 9.97. The average Bonchev–Trinajstić information content (AvgIpc) is 3.42. The minimum Gasteiger partial charge on any atom is -0.356 e. The van der Waals surface area contributed by atoms with Gasteiger partial charge in [-0.05, 0) is 68.0 Å². The normalized spacial score (nSPS) is 16.9. The van der Waals surface area contributed by atoms with Gasteiger partial charge in [0.25, 0.3) is 0 Å². The molecular formula is C33H37N7. The molecule has 7 rings (SSSR count). The van der Waals surface area contributed by atoms with Crippen molar-refractivity contribution in [2.75, 3.05) is 25.0 Å². The van der Waals surface area contributed by atoms with Gasteiger partial charge in [0.2, 0.25) is 0 Å². The van der Waals surface area contributed by atoms with Crippen LogP contribution in [0, 0.1) is 0 Å². The Bertz CT molecular complexity index is 1660. The van der Waals surface area contributed by atoms with Crippen LogP contribution in [0.15, 0.2) is 61.1 Å². The summed E-state index contributed by atoms with van der Waals surface area (Å²) in [6.07, 6.45) is 11.8. The van der Waals surface area contributed by atoms with Crippen molar-refractivity contribution in [2.24, 2.45) is 0 Å². The lowest BCUT2D eigenvalue weighted by Gasteiger charge is -2.34. The van der Waals surface area contributed by atoms with Gasteiger partial charge in [0.15, 0.2) is 5.82 Å². The SMILES string of the molecule is CN(c1nc(-c2ccnc3[nH]c(C(C)(C)c4ccccc4)cc23)nc2cncc(C3CCC3)c12)C1CCNCC1. The number of rotatable bonds is 6. The first kappa shape index (κ1) is 25.1. The lowest BCUT2D eigenvalue weighted by molar-refractivity contribution is 0.421. The molecule has 2 N–H and O–H groups in total. The van der Waals surface area contributed by atoms with E-state index in [2.05, 4.69) is 83.7 Å². The number of hydrogen-bond donors (Lipinski definition) is 2. The van der Waals surface area contributed by atoms with E-state index < -0.39 is 0 Å². The summed E-state index contributed by atoms with van der Waals surface area (Å²) in [4.78, 5) is 25.9. The molecule has 1 aromatic carbocycles. The molecule has 4 aromatic heterocycles. The maximum atomic E-state index is 5.35. The maximum absolute atomic E-state index is 5.35. The number of aromatic amines is 1. The molecule has 0 atom stereocenters. The van der Waals surface area contributed by atoms with E-state index in [9.17, 15) is 0 Å². The standard InChI is InChI=1S/C33H37N7/c1-33(2,22-10-5-4-6-11-22)28-18-25-24(14-17-36-30(25)38-28)31-37-27-20-35-19-26(21-8-7-9-21)29(27)32(39-31)40(3)23-12-15-34-16-13-23/h4-6,10-11,14,17-21,23,34H,7-9,12-13,15-16H2,1-3H3,(H,36,38). The second-order valence-electron chi connectivity index (χ2n) is 12.0. The van der Waals surface area contributed by atoms with E-state index in [4.69, 9.17) is 15.0 Å². The third-order valence-electron chi connectivity index (χ3n) is 9.29. The van der Waals surface area contributed by atoms with Gasteiger partial charge in [0, 0.05) is 52.9 Å². The minimum atomic E-state index is -0.203. The molecular weight excluding hydrogens is 494 g/mol. The molecule has 0 unspecified atom stereocenters. The smallest absolute Gasteiger partial charge is 0.163 e. The summed E-state index contributed by atoms with van der Waals surface area (Å²) in [6, 6.07) is 15.3. The number of H-pyrrole nitrogens is 1. The molecule has 0 bridgehead atoms. The first-order chi connectivity index (χ1) is 19.5. The van der Waals surface area contributed by atoms with Crippen molar-refractivity contribution >= 4 is 27.8 Å². The van der Waals surface area contributed by atoms with Gasteiger partial charge in [-0.3, -0.25) is 4.98 Å². The molecule has 0 amide bonds. The largest absolute Gasteiger partial charge is 0.356 e. The highest BCUT2D eigenvalue weighted by Crippen LogP contribution is 2.43. The van der Waals surface area contributed by atoms with Gasteiger partial charge in [0.05, 0.1) is 11.7 Å². The highest BCUT2D eigenvalue weighted by atomic mass is 15.2. The zero-order chi connectivity index (χ0) is 27.3. The van der Waals surface area contributed by atoms with Crippen molar-refractivity contribution < 1.29 is 0 Å². The highest BCUT2D eigenvalue weighted by Gasteiger charge is 2.29. The fraction of sp³-hybridized carbons (Fsp3) is 0.394. The summed E-state index contributed by atoms with van der Waals surface area (Å²) in [6.45, 7) is 6.57. The van der Waals surface area contributed by atoms with E-state index in [-0.39, 0.29) is 5.41 Å². The molecule has 0 spiro atoms. The van der Waals surface area contributed by atoms with Crippen molar-refractivity contribution in [2.45, 2.75) is 63.3 Å². The molecule has 0 radical (unpaired) electrons. The third kappa shape index (κ3) is 4.24. The number of piperidine rings is 1. The molecule has 5 aromatic rings. The zero-order valence-corrected chi connectivity index (χ0v) is 23.6. The predicted octanol–water partition coefficient (Wildman–Crippen LogP) is 6.35. The topological polar surface area (TPSA) is 82.6 Å². The second-order valence-corrected chi connectivity index (χ2v) is 12.0. The van der Waals surface area contributed by atoms with Crippen molar-refractivity contribution in [3.8, 4) is 11.4 Å². The molecule has 1 aliphatic carbocycles. The number of benzene rings is 1. The molecule has 7 heteroatoms. The number of fused-ring (bicyclic) bond motifs is 2. The van der Waals surface area contributed by atoms with Crippen molar-refractivity contribution in [1.29, 1.82) is 0 Å². The average molecular weight is 532 g/mol. The van der Waals surface area contributed by atoms with Crippen LogP contribution in [0.1, 0.15) is 68.7 Å². The molecule has 40 heavy (non-hydrogen) atoms. The zero-order valence-electron chi connectivity index (χ0n) is 23.6. The fourth-order valence-corrected chi connectivity index (χ4v) is 6.43. The Hall–Kier alpha value is -3.84. The summed E-state index contributed by atoms with van der Waals surface area (Å²) in [5, 5.41) is 5.73. The van der Waals surface area contributed by atoms with Gasteiger partial charge in [0.1, 0.15) is 11.5 Å². The van der Waals surface area contributed by atoms with Crippen LogP contribution in [0.4, 0.5) is 5.82 Å². The van der Waals surface area contributed by atoms with Crippen LogP contribution in [-0.4, -0.2) is 51.1 Å². The van der Waals surface area contributed by atoms with E-state index in [1.54, 1.807) is 0 Å². The molecule has 2 fully saturated rings. The van der Waals surface area contributed by atoms with E-state index in [1.807, 2.05) is 18.5 Å². The fourth-order valence-electron chi connectivity index (χ4n) is 6.43. The van der Waals surface area contributed by atoms with Crippen LogP contribution in [0.5, 0.6) is 0 Å². The number of nitrogens with zero attached hydrogens (tertiary/aromatic N) is 5. The summed E-state index contributed by atoms with van der Waals surface area (Å²) in [7, 11) is 2.21. The first-order valence-electron chi connectivity index (χ1n) is 14.6. The lowest BCUT2D eigenvalue weighted by atomic mass is 9.79. The minimum absolute atomic E-state index is 0.203. The van der Waals surface area contributed by atoms with Crippen molar-refractivity contribution in [1.82, 2.24) is 30.2 Å². The monoisotopic (exact) mass is 531 g/mol. The van der Waals surface area contributed by atoms with Gasteiger partial charge in [-0.25, -0.2) is 15.0 Å². The molecule has 1 aliphatic heterocycles. The van der Waals surface area contributed by atoms with Crippen molar-refractivity contribution in [3.05, 3.63) is 77.9 Å². The Morgan fingerprint density at radius 2 is 1.75 bits per heavy atom. The Morgan fingerprint density at radius 3 is 2.50 bits per heavy atom. The molecule has 2 aliphatic rings. The number of aromatic nitrogens is 5. The Kier molecular flexibility index (Phi) is 6.27. The van der Waals surface area contributed by atoms with Crippen LogP contribution in [0.25, 0.3) is 33.3 Å². The summed E-state index contributed by atoms with van der Waals surface area (Å²) in [5.41, 5.74) is 6.25. The third-order valence-corrected chi connectivity index (χ3v) is 9.29. The van der Waals surface area contributed by atoms with E-state index in [1.165, 1.54) is 35.8 Å². The van der Waals surface area contributed by atoms with Gasteiger partial charge in [-0.1, -0.05) is 50.6 Å². The number of anilines is 1. The van der Waals surface area contributed by atoms with E-state index in [0.29, 0.717) is 12.0 Å². The van der Waals surface area contributed by atoms with Crippen LogP contribution in [0.3, 0.4) is 0 Å². The summed E-state index contributed by atoms with van der Waals surface area (Å²) in [5.74, 6) is 2.30. The van der Waals surface area contributed by atoms with E-state index >= 15 is 0 Å². The summed E-state index contributed by atoms with van der Waals surface area (Å²) >= 11 is 0. The molecule has 204 valence electrons. The van der Waals surface area contributed by atoms with Crippen LogP contribution in [0.2, 0.25) is 0 Å². The number of pyridine rings is 2. The maximum Gasteiger partial charge on any atom is 0.163 e. The summed E-state index contributed by atoms with van der Waals surface area (Å²) < 4.78 is 0. The highest BCUT2D eigenvalue weighted by molar-refractivity contribution is 5.97. The van der Waals surface area contributed by atoms with Gasteiger partial charge in [-0.2, -0.15) is 0 Å². The molecule has 1 saturated heterocycles. The Labute approximate surface area is 235 Å². The van der Waals surface area contributed by atoms with Crippen LogP contribution in [-0.2, 0) is 5.41 Å². The predicted molar refractivity (Wildman–Crippen MR) is 162 cm³/mol. The van der Waals surface area contributed by atoms with Gasteiger partial charge < -0.3 is 15.2 Å². The molecule has 7 nitrogen and oxygen atoms in total. The van der Waals surface area contributed by atoms with Gasteiger partial charge >= 0.3 is 0 Å². The van der Waals surface area contributed by atoms with Crippen molar-refractivity contribution in [3.63, 3.8) is 0 Å². The lowest BCUT2D eigenvalue weighted by Crippen LogP contribution is -2.41. The van der Waals surface area contributed by atoms with Crippen LogP contribution >= 0.6 is 0 Å². The quantitative estimate of drug-likeness (QED) is 0.266. The molecule has 1 saturated carbocycles. The Balaban J connectivity index is 1.39. The number of nitrogens with one attached hydrogen (secondary N) is 2. The number of hydrogen-bond acceptors (Lipinski definition) is 6. The van der Waals surface area contributed by atoms with E-state index in [0.717, 1.165) is 65.4 Å². The molecule has 5 heterocycles.